The summed E-state index contributed by atoms with van der Waals surface area (Å²) in [6.07, 6.45) is 5.68. The molecule has 1 aliphatic rings. The fourth-order valence-electron chi connectivity index (χ4n) is 3.96. The van der Waals surface area contributed by atoms with E-state index in [4.69, 9.17) is 11.6 Å². The first-order valence-electron chi connectivity index (χ1n) is 10.2. The zero-order chi connectivity index (χ0) is 19.2. The molecular weight excluding hydrogens is 443 g/mol. The van der Waals surface area contributed by atoms with E-state index in [0.717, 1.165) is 37.8 Å². The van der Waals surface area contributed by atoms with Gasteiger partial charge in [-0.25, -0.2) is 0 Å². The number of aliphatic hydroxyl groups excluding tert-OH is 1. The molecule has 2 aromatic carbocycles. The Morgan fingerprint density at radius 2 is 1.79 bits per heavy atom. The molecule has 28 heavy (non-hydrogen) atoms. The second-order valence-corrected chi connectivity index (χ2v) is 8.10. The fourth-order valence-corrected chi connectivity index (χ4v) is 4.34. The van der Waals surface area contributed by atoms with Gasteiger partial charge in [0.15, 0.2) is 0 Å². The van der Waals surface area contributed by atoms with Gasteiger partial charge in [0, 0.05) is 44.9 Å². The molecule has 0 amide bonds. The third kappa shape index (κ3) is 5.82. The van der Waals surface area contributed by atoms with Crippen molar-refractivity contribution < 1.29 is 37.8 Å². The number of aliphatic hydroxyl groups is 1. The number of alkyl halides is 1. The molecule has 0 spiro atoms. The summed E-state index contributed by atoms with van der Waals surface area (Å²) in [6, 6.07) is 17.2. The Morgan fingerprint density at radius 1 is 1.11 bits per heavy atom. The summed E-state index contributed by atoms with van der Waals surface area (Å²) in [5, 5.41) is 10.5. The zero-order valence-corrected chi connectivity index (χ0v) is 20.5. The number of nitrogens with zero attached hydrogens (tertiary/aromatic N) is 1. The summed E-state index contributed by atoms with van der Waals surface area (Å²) in [7, 11) is 0. The molecule has 0 bridgehead atoms. The van der Waals surface area contributed by atoms with Crippen molar-refractivity contribution in [3.05, 3.63) is 72.1 Å². The van der Waals surface area contributed by atoms with Crippen molar-refractivity contribution in [3.8, 4) is 0 Å². The molecule has 4 heteroatoms. The second kappa shape index (κ2) is 11.7. The molecule has 1 heterocycles. The van der Waals surface area contributed by atoms with Gasteiger partial charge in [-0.2, -0.15) is 6.42 Å². The molecule has 3 unspecified atom stereocenters. The smallest absolute Gasteiger partial charge is 0.0790 e. The summed E-state index contributed by atoms with van der Waals surface area (Å²) < 4.78 is 0. The average molecular weight is 474 g/mol. The van der Waals surface area contributed by atoms with Gasteiger partial charge >= 0.3 is 0 Å². The Balaban J connectivity index is 0.00000280. The van der Waals surface area contributed by atoms with Crippen LogP contribution in [0.1, 0.15) is 67.9 Å². The van der Waals surface area contributed by atoms with E-state index < -0.39 is 0 Å². The van der Waals surface area contributed by atoms with E-state index in [1.54, 1.807) is 0 Å². The van der Waals surface area contributed by atoms with Gasteiger partial charge in [-0.15, -0.1) is 11.6 Å². The number of unbranched alkanes of at least 4 members (excludes halogenated alkanes) is 2. The van der Waals surface area contributed by atoms with Crippen molar-refractivity contribution in [2.75, 3.05) is 11.4 Å². The van der Waals surface area contributed by atoms with Crippen LogP contribution < -0.4 is 4.90 Å². The van der Waals surface area contributed by atoms with E-state index in [-0.39, 0.29) is 50.2 Å². The predicted molar refractivity (Wildman–Crippen MR) is 115 cm³/mol. The van der Waals surface area contributed by atoms with Gasteiger partial charge in [-0.3, -0.25) is 0 Å². The van der Waals surface area contributed by atoms with Crippen LogP contribution in [-0.4, -0.2) is 17.0 Å². The van der Waals surface area contributed by atoms with E-state index in [9.17, 15) is 5.11 Å². The number of benzene rings is 2. The van der Waals surface area contributed by atoms with E-state index in [1.165, 1.54) is 29.7 Å². The van der Waals surface area contributed by atoms with Gasteiger partial charge in [-0.05, 0) is 36.1 Å². The van der Waals surface area contributed by atoms with Crippen molar-refractivity contribution in [1.29, 1.82) is 0 Å². The zero-order valence-electron chi connectivity index (χ0n) is 16.9. The van der Waals surface area contributed by atoms with Gasteiger partial charge in [0.1, 0.15) is 0 Å². The first-order valence-corrected chi connectivity index (χ1v) is 10.6. The van der Waals surface area contributed by atoms with Crippen LogP contribution in [0.4, 0.5) is 5.69 Å². The third-order valence-corrected chi connectivity index (χ3v) is 6.08. The van der Waals surface area contributed by atoms with Gasteiger partial charge in [0.2, 0.25) is 0 Å². The molecule has 0 aliphatic carbocycles. The van der Waals surface area contributed by atoms with E-state index in [0.29, 0.717) is 0 Å². The molecule has 1 saturated heterocycles. The maximum Gasteiger partial charge on any atom is 0.0790 e. The van der Waals surface area contributed by atoms with Crippen LogP contribution >= 0.6 is 11.6 Å². The molecule has 0 aromatic heterocycles. The van der Waals surface area contributed by atoms with Gasteiger partial charge in [0.05, 0.1) is 17.5 Å². The van der Waals surface area contributed by atoms with E-state index in [2.05, 4.69) is 67.3 Å². The Bertz CT molecular complexity index is 704. The first kappa shape index (κ1) is 23.9. The minimum Gasteiger partial charge on any atom is -0.388 e. The molecule has 1 fully saturated rings. The van der Waals surface area contributed by atoms with Crippen molar-refractivity contribution >= 4 is 17.3 Å². The molecule has 1 radical (unpaired) electrons. The third-order valence-electron chi connectivity index (χ3n) is 5.62. The van der Waals surface area contributed by atoms with Crippen LogP contribution in [0.3, 0.4) is 0 Å². The summed E-state index contributed by atoms with van der Waals surface area (Å²) in [4.78, 5) is 2.39. The molecule has 1 aliphatic heterocycles. The molecule has 2 nitrogen and oxygen atoms in total. The van der Waals surface area contributed by atoms with Gasteiger partial charge in [0.25, 0.3) is 0 Å². The fraction of sp³-hybridized carbons (Fsp3) is 0.458. The van der Waals surface area contributed by atoms with Crippen molar-refractivity contribution in [3.63, 3.8) is 0 Å². The summed E-state index contributed by atoms with van der Waals surface area (Å²) in [6.45, 7) is 7.09. The summed E-state index contributed by atoms with van der Waals surface area (Å²) >= 11 is 6.69. The number of hydrogen-bond donors (Lipinski definition) is 1. The second-order valence-electron chi connectivity index (χ2n) is 7.54. The standard InChI is InChI=1S/C24H31ClNO.Y/c1-3-5-6-7-23(27)19-12-14-21(15-13-19)26-17-16-22(25)24(26)20-10-8-18(4-2)9-11-20;/h8-15,22-24,27H,2-7,16-17H2,1H3;/q-1;. The summed E-state index contributed by atoms with van der Waals surface area (Å²) in [5.41, 5.74) is 4.69. The Morgan fingerprint density at radius 3 is 2.39 bits per heavy atom. The molecule has 149 valence electrons. The molecule has 1 N–H and O–H groups in total. The van der Waals surface area contributed by atoms with Crippen LogP contribution in [0.25, 0.3) is 0 Å². The van der Waals surface area contributed by atoms with Crippen molar-refractivity contribution in [2.45, 2.75) is 63.0 Å². The van der Waals surface area contributed by atoms with Crippen LogP contribution in [0.2, 0.25) is 0 Å². The number of hydrogen-bond acceptors (Lipinski definition) is 2. The number of anilines is 1. The summed E-state index contributed by atoms with van der Waals surface area (Å²) in [5.74, 6) is 0. The normalized spacial score (nSPS) is 20.1. The number of rotatable bonds is 8. The average Bonchev–Trinajstić information content (AvgIpc) is 3.09. The van der Waals surface area contributed by atoms with Gasteiger partial charge in [-0.1, -0.05) is 68.1 Å². The SMILES string of the molecule is [CH2-]Cc1ccc(C2C(Cl)CCN2c2ccc(C(O)CCCCC)cc2)cc1.[Y]. The van der Waals surface area contributed by atoms with Crippen molar-refractivity contribution in [2.24, 2.45) is 0 Å². The molecule has 3 rings (SSSR count). The molecule has 3 atom stereocenters. The predicted octanol–water partition coefficient (Wildman–Crippen LogP) is 6.23. The number of halogens is 1. The van der Waals surface area contributed by atoms with Crippen LogP contribution in [0.5, 0.6) is 0 Å². The van der Waals surface area contributed by atoms with Crippen LogP contribution in [-0.2, 0) is 39.1 Å². The maximum atomic E-state index is 10.4. The minimum atomic E-state index is -0.365. The van der Waals surface area contributed by atoms with Crippen LogP contribution in [0.15, 0.2) is 48.5 Å². The quantitative estimate of drug-likeness (QED) is 0.279. The Hall–Kier alpha value is -0.406. The molecule has 2 aromatic rings. The van der Waals surface area contributed by atoms with Gasteiger partial charge < -0.3 is 16.9 Å². The minimum absolute atomic E-state index is 0. The Labute approximate surface area is 200 Å². The topological polar surface area (TPSA) is 23.5 Å². The van der Waals surface area contributed by atoms with E-state index >= 15 is 0 Å². The monoisotopic (exact) mass is 473 g/mol. The Kier molecular flexibility index (Phi) is 9.97. The molecule has 0 saturated carbocycles. The largest absolute Gasteiger partial charge is 0.388 e. The van der Waals surface area contributed by atoms with E-state index in [1.807, 2.05) is 0 Å². The first-order chi connectivity index (χ1) is 13.1. The van der Waals surface area contributed by atoms with Crippen LogP contribution in [0, 0.1) is 6.92 Å². The molecular formula is C24H31ClNOY-. The maximum absolute atomic E-state index is 10.4. The van der Waals surface area contributed by atoms with Crippen molar-refractivity contribution in [1.82, 2.24) is 0 Å².